The van der Waals surface area contributed by atoms with Crippen LogP contribution in [0.25, 0.3) is 65.7 Å². The van der Waals surface area contributed by atoms with Crippen LogP contribution in [0.4, 0.5) is 22.7 Å². The van der Waals surface area contributed by atoms with Gasteiger partial charge < -0.3 is 10.2 Å². The maximum atomic E-state index is 3.80. The lowest BCUT2D eigenvalue weighted by Crippen LogP contribution is -2.17. The lowest BCUT2D eigenvalue weighted by molar-refractivity contribution is 0.840. The van der Waals surface area contributed by atoms with E-state index in [-0.39, 0.29) is 0 Å². The molecule has 1 aliphatic rings. The highest BCUT2D eigenvalue weighted by molar-refractivity contribution is 6.23. The molecule has 1 aliphatic carbocycles. The lowest BCUT2D eigenvalue weighted by Gasteiger charge is -2.29. The summed E-state index contributed by atoms with van der Waals surface area (Å²) in [7, 11) is 0. The van der Waals surface area contributed by atoms with Crippen LogP contribution < -0.4 is 10.2 Å². The van der Waals surface area contributed by atoms with Crippen LogP contribution in [0.3, 0.4) is 0 Å². The van der Waals surface area contributed by atoms with Crippen molar-refractivity contribution in [2.45, 2.75) is 12.3 Å². The van der Waals surface area contributed by atoms with Gasteiger partial charge in [-0.05, 0) is 127 Å². The fourth-order valence-electron chi connectivity index (χ4n) is 9.23. The van der Waals surface area contributed by atoms with Gasteiger partial charge in [-0.15, -0.1) is 0 Å². The summed E-state index contributed by atoms with van der Waals surface area (Å²) >= 11 is 0. The van der Waals surface area contributed by atoms with E-state index >= 15 is 0 Å². The zero-order valence-corrected chi connectivity index (χ0v) is 34.3. The molecule has 10 aromatic carbocycles. The number of benzene rings is 10. The van der Waals surface area contributed by atoms with Crippen molar-refractivity contribution in [3.05, 3.63) is 254 Å². The third kappa shape index (κ3) is 7.12. The molecule has 0 saturated carbocycles. The molecule has 0 saturated heterocycles. The summed E-state index contributed by atoms with van der Waals surface area (Å²) in [6.45, 7) is 0. The third-order valence-electron chi connectivity index (χ3n) is 12.4. The van der Waals surface area contributed by atoms with E-state index in [1.165, 1.54) is 77.0 Å². The Bertz CT molecular complexity index is 3260. The first kappa shape index (κ1) is 37.1. The number of nitrogens with one attached hydrogen (secondary N) is 1. The Morgan fingerprint density at radius 3 is 1.66 bits per heavy atom. The quantitative estimate of drug-likeness (QED) is 0.146. The molecule has 2 nitrogen and oxygen atoms in total. The molecule has 0 aliphatic heterocycles. The SMILES string of the molecule is C1=CC(c2ccccc2)CC=C1N(c1ccc(-c2ccccc2)cc1)c1ccc(-c2ccc(Nc3ccccc3-c3cc4ccccc4c4ccc5ccccc5c34)cc2)cc1. The van der Waals surface area contributed by atoms with E-state index < -0.39 is 0 Å². The summed E-state index contributed by atoms with van der Waals surface area (Å²) in [6.07, 6.45) is 7.97. The molecular formula is C60H44N2. The first-order valence-corrected chi connectivity index (χ1v) is 21.5. The topological polar surface area (TPSA) is 15.3 Å². The summed E-state index contributed by atoms with van der Waals surface area (Å²) < 4.78 is 0. The van der Waals surface area contributed by atoms with Crippen molar-refractivity contribution in [2.75, 3.05) is 10.2 Å². The number of rotatable bonds is 9. The Hall–Kier alpha value is -7.94. The minimum absolute atomic E-state index is 0.370. The molecule has 0 spiro atoms. The van der Waals surface area contributed by atoms with Gasteiger partial charge in [-0.1, -0.05) is 188 Å². The van der Waals surface area contributed by atoms with Gasteiger partial charge in [0.15, 0.2) is 0 Å². The monoisotopic (exact) mass is 792 g/mol. The summed E-state index contributed by atoms with van der Waals surface area (Å²) in [6, 6.07) is 81.2. The second-order valence-electron chi connectivity index (χ2n) is 16.1. The van der Waals surface area contributed by atoms with Gasteiger partial charge in [0.05, 0.1) is 0 Å². The first-order valence-electron chi connectivity index (χ1n) is 21.5. The minimum atomic E-state index is 0.370. The highest BCUT2D eigenvalue weighted by atomic mass is 15.1. The molecule has 1 N–H and O–H groups in total. The average molecular weight is 793 g/mol. The minimum Gasteiger partial charge on any atom is -0.355 e. The van der Waals surface area contributed by atoms with E-state index in [0.29, 0.717) is 5.92 Å². The number of nitrogens with zero attached hydrogens (tertiary/aromatic N) is 1. The zero-order chi connectivity index (χ0) is 41.2. The second kappa shape index (κ2) is 16.3. The summed E-state index contributed by atoms with van der Waals surface area (Å²) in [4.78, 5) is 2.38. The molecule has 0 aromatic heterocycles. The number of anilines is 4. The molecule has 0 bridgehead atoms. The van der Waals surface area contributed by atoms with Crippen LogP contribution in [0.15, 0.2) is 248 Å². The van der Waals surface area contributed by atoms with Crippen molar-refractivity contribution in [2.24, 2.45) is 0 Å². The van der Waals surface area contributed by atoms with Crippen molar-refractivity contribution in [3.63, 3.8) is 0 Å². The average Bonchev–Trinajstić information content (AvgIpc) is 3.35. The number of hydrogen-bond acceptors (Lipinski definition) is 2. The van der Waals surface area contributed by atoms with E-state index in [1.54, 1.807) is 0 Å². The Kier molecular flexibility index (Phi) is 9.72. The molecule has 0 amide bonds. The van der Waals surface area contributed by atoms with Crippen LogP contribution in [0, 0.1) is 0 Å². The smallest absolute Gasteiger partial charge is 0.0464 e. The van der Waals surface area contributed by atoms with Gasteiger partial charge in [-0.25, -0.2) is 0 Å². The molecule has 1 unspecified atom stereocenters. The Balaban J connectivity index is 0.887. The third-order valence-corrected chi connectivity index (χ3v) is 12.4. The van der Waals surface area contributed by atoms with E-state index in [2.05, 4.69) is 253 Å². The van der Waals surface area contributed by atoms with Crippen molar-refractivity contribution in [1.82, 2.24) is 0 Å². The van der Waals surface area contributed by atoms with Gasteiger partial charge in [0.1, 0.15) is 0 Å². The Morgan fingerprint density at radius 1 is 0.419 bits per heavy atom. The van der Waals surface area contributed by atoms with Crippen LogP contribution >= 0.6 is 0 Å². The highest BCUT2D eigenvalue weighted by Gasteiger charge is 2.19. The van der Waals surface area contributed by atoms with Gasteiger partial charge in [0.2, 0.25) is 0 Å². The standard InChI is InChI=1S/C60H44N2/c1-3-13-42(14-4-1)45-25-34-51(35-26-45)62(52-36-27-46(28-37-52)43-15-5-2-6-16-43)53-38-29-47(30-39-53)44-23-32-50(33-24-44)61-59-22-12-11-21-56(59)58-41-49-18-8-9-19-54(49)57-40-31-48-17-7-10-20-55(48)60(57)58/h1-27,29-41,46,61H,28H2. The van der Waals surface area contributed by atoms with E-state index in [9.17, 15) is 0 Å². The van der Waals surface area contributed by atoms with Crippen LogP contribution in [-0.4, -0.2) is 0 Å². The normalized spacial score (nSPS) is 13.6. The fraction of sp³-hybridized carbons (Fsp3) is 0.0333. The fourth-order valence-corrected chi connectivity index (χ4v) is 9.23. The summed E-state index contributed by atoms with van der Waals surface area (Å²) in [5.74, 6) is 0.370. The van der Waals surface area contributed by atoms with Crippen molar-refractivity contribution < 1.29 is 0 Å². The van der Waals surface area contributed by atoms with Gasteiger partial charge in [0, 0.05) is 39.9 Å². The van der Waals surface area contributed by atoms with Gasteiger partial charge >= 0.3 is 0 Å². The molecule has 2 heteroatoms. The molecule has 11 rings (SSSR count). The van der Waals surface area contributed by atoms with Crippen molar-refractivity contribution >= 4 is 55.1 Å². The number of fused-ring (bicyclic) bond motifs is 5. The van der Waals surface area contributed by atoms with E-state index in [1.807, 2.05) is 0 Å². The molecule has 0 fully saturated rings. The lowest BCUT2D eigenvalue weighted by atomic mass is 9.89. The predicted molar refractivity (Wildman–Crippen MR) is 265 cm³/mol. The molecule has 1 atom stereocenters. The van der Waals surface area contributed by atoms with Crippen LogP contribution in [0.1, 0.15) is 17.9 Å². The molecule has 62 heavy (non-hydrogen) atoms. The van der Waals surface area contributed by atoms with Crippen LogP contribution in [-0.2, 0) is 0 Å². The van der Waals surface area contributed by atoms with E-state index in [4.69, 9.17) is 0 Å². The largest absolute Gasteiger partial charge is 0.355 e. The molecule has 10 aromatic rings. The maximum absolute atomic E-state index is 3.80. The zero-order valence-electron chi connectivity index (χ0n) is 34.3. The Labute approximate surface area is 363 Å². The van der Waals surface area contributed by atoms with Crippen LogP contribution in [0.5, 0.6) is 0 Å². The van der Waals surface area contributed by atoms with Gasteiger partial charge in [-0.3, -0.25) is 0 Å². The van der Waals surface area contributed by atoms with Gasteiger partial charge in [-0.2, -0.15) is 0 Å². The molecule has 0 heterocycles. The summed E-state index contributed by atoms with van der Waals surface area (Å²) in [5.41, 5.74) is 14.1. The van der Waals surface area contributed by atoms with Crippen molar-refractivity contribution in [1.29, 1.82) is 0 Å². The summed E-state index contributed by atoms with van der Waals surface area (Å²) in [5, 5.41) is 11.4. The van der Waals surface area contributed by atoms with Crippen LogP contribution in [0.2, 0.25) is 0 Å². The van der Waals surface area contributed by atoms with E-state index in [0.717, 1.165) is 29.2 Å². The number of para-hydroxylation sites is 1. The molecule has 0 radical (unpaired) electrons. The highest BCUT2D eigenvalue weighted by Crippen LogP contribution is 2.43. The number of allylic oxidation sites excluding steroid dienone is 3. The van der Waals surface area contributed by atoms with Crippen molar-refractivity contribution in [3.8, 4) is 33.4 Å². The Morgan fingerprint density at radius 2 is 0.984 bits per heavy atom. The van der Waals surface area contributed by atoms with Gasteiger partial charge in [0.25, 0.3) is 0 Å². The first-order chi connectivity index (χ1) is 30.7. The molecule has 294 valence electrons. The predicted octanol–water partition coefficient (Wildman–Crippen LogP) is 16.7. The maximum Gasteiger partial charge on any atom is 0.0464 e. The second-order valence-corrected chi connectivity index (χ2v) is 16.1. The number of hydrogen-bond donors (Lipinski definition) is 1. The molecular weight excluding hydrogens is 749 g/mol.